The van der Waals surface area contributed by atoms with E-state index in [-0.39, 0.29) is 0 Å². The van der Waals surface area contributed by atoms with Crippen LogP contribution >= 0.6 is 0 Å². The number of piperidine rings is 1. The third-order valence-corrected chi connectivity index (χ3v) is 5.28. The number of hydrogen-bond donors (Lipinski definition) is 1. The number of nitrogens with zero attached hydrogens (tertiary/aromatic N) is 5. The summed E-state index contributed by atoms with van der Waals surface area (Å²) < 4.78 is 1.89. The van der Waals surface area contributed by atoms with Gasteiger partial charge in [-0.05, 0) is 50.9 Å². The molecule has 128 valence electrons. The van der Waals surface area contributed by atoms with Crippen molar-refractivity contribution < 1.29 is 0 Å². The van der Waals surface area contributed by atoms with Crippen LogP contribution in [0.4, 0.5) is 0 Å². The summed E-state index contributed by atoms with van der Waals surface area (Å²) in [4.78, 5) is 9.32. The Morgan fingerprint density at radius 1 is 1.26 bits per heavy atom. The van der Waals surface area contributed by atoms with Crippen molar-refractivity contribution in [3.8, 4) is 0 Å². The number of aliphatic imine (C=N–C) groups is 1. The minimum absolute atomic E-state index is 0.575. The highest BCUT2D eigenvalue weighted by molar-refractivity contribution is 5.80. The van der Waals surface area contributed by atoms with Crippen molar-refractivity contribution >= 4 is 5.96 Å². The second-order valence-corrected chi connectivity index (χ2v) is 7.05. The molecule has 0 bridgehead atoms. The number of likely N-dealkylation sites (tertiary alicyclic amines) is 2. The highest BCUT2D eigenvalue weighted by Gasteiger charge is 2.27. The molecule has 1 aromatic heterocycles. The van der Waals surface area contributed by atoms with Crippen LogP contribution < -0.4 is 5.32 Å². The molecule has 0 spiro atoms. The third-order valence-electron chi connectivity index (χ3n) is 5.28. The van der Waals surface area contributed by atoms with Crippen LogP contribution in [0.15, 0.2) is 17.4 Å². The van der Waals surface area contributed by atoms with Gasteiger partial charge in [0.1, 0.15) is 0 Å². The quantitative estimate of drug-likeness (QED) is 0.670. The molecule has 2 saturated heterocycles. The van der Waals surface area contributed by atoms with Crippen molar-refractivity contribution in [2.75, 3.05) is 46.8 Å². The summed E-state index contributed by atoms with van der Waals surface area (Å²) in [5.41, 5.74) is 1.35. The molecule has 23 heavy (non-hydrogen) atoms. The van der Waals surface area contributed by atoms with E-state index in [4.69, 9.17) is 0 Å². The van der Waals surface area contributed by atoms with E-state index in [0.717, 1.165) is 31.5 Å². The van der Waals surface area contributed by atoms with Gasteiger partial charge in [-0.2, -0.15) is 5.10 Å². The Morgan fingerprint density at radius 2 is 2.04 bits per heavy atom. The lowest BCUT2D eigenvalue weighted by Gasteiger charge is -2.30. The molecule has 6 heteroatoms. The highest BCUT2D eigenvalue weighted by Crippen LogP contribution is 2.26. The van der Waals surface area contributed by atoms with Crippen LogP contribution in [0, 0.1) is 5.92 Å². The van der Waals surface area contributed by atoms with Gasteiger partial charge in [-0.15, -0.1) is 0 Å². The molecule has 1 unspecified atom stereocenters. The average Bonchev–Trinajstić information content (AvgIpc) is 3.19. The lowest BCUT2D eigenvalue weighted by Crippen LogP contribution is -2.43. The Labute approximate surface area is 139 Å². The van der Waals surface area contributed by atoms with E-state index in [1.54, 1.807) is 0 Å². The van der Waals surface area contributed by atoms with Crippen LogP contribution in [0.1, 0.15) is 30.7 Å². The molecule has 2 aliphatic heterocycles. The van der Waals surface area contributed by atoms with Crippen molar-refractivity contribution in [3.63, 3.8) is 0 Å². The molecule has 1 atom stereocenters. The first-order chi connectivity index (χ1) is 11.2. The zero-order valence-electron chi connectivity index (χ0n) is 14.7. The predicted molar refractivity (Wildman–Crippen MR) is 93.7 cm³/mol. The molecular formula is C17H30N6. The average molecular weight is 318 g/mol. The Bertz CT molecular complexity index is 529. The molecule has 3 rings (SSSR count). The van der Waals surface area contributed by atoms with Crippen LogP contribution in [0.2, 0.25) is 0 Å². The van der Waals surface area contributed by atoms with E-state index in [1.807, 2.05) is 25.0 Å². The van der Waals surface area contributed by atoms with E-state index in [9.17, 15) is 0 Å². The Hall–Kier alpha value is -1.56. The first-order valence-electron chi connectivity index (χ1n) is 8.78. The van der Waals surface area contributed by atoms with Gasteiger partial charge in [-0.25, -0.2) is 0 Å². The van der Waals surface area contributed by atoms with E-state index in [1.165, 1.54) is 37.9 Å². The summed E-state index contributed by atoms with van der Waals surface area (Å²) in [5, 5.41) is 7.91. The molecule has 1 N–H and O–H groups in total. The summed E-state index contributed by atoms with van der Waals surface area (Å²) in [6.07, 6.45) is 7.91. The topological polar surface area (TPSA) is 48.7 Å². The molecule has 0 radical (unpaired) electrons. The molecule has 6 nitrogen and oxygen atoms in total. The number of guanidine groups is 1. The van der Waals surface area contributed by atoms with Gasteiger partial charge in [0.2, 0.25) is 0 Å². The Balaban J connectivity index is 1.49. The normalized spacial score (nSPS) is 24.4. The van der Waals surface area contributed by atoms with Gasteiger partial charge < -0.3 is 15.1 Å². The van der Waals surface area contributed by atoms with Crippen LogP contribution in [-0.4, -0.2) is 72.4 Å². The fraction of sp³-hybridized carbons (Fsp3) is 0.765. The van der Waals surface area contributed by atoms with E-state index >= 15 is 0 Å². The Kier molecular flexibility index (Phi) is 5.20. The van der Waals surface area contributed by atoms with Crippen LogP contribution in [-0.2, 0) is 7.05 Å². The van der Waals surface area contributed by atoms with Gasteiger partial charge in [0, 0.05) is 45.8 Å². The number of hydrogen-bond acceptors (Lipinski definition) is 3. The number of aryl methyl sites for hydroxylation is 1. The molecule has 0 aliphatic carbocycles. The van der Waals surface area contributed by atoms with Crippen molar-refractivity contribution in [2.45, 2.75) is 25.2 Å². The van der Waals surface area contributed by atoms with Crippen LogP contribution in [0.5, 0.6) is 0 Å². The molecule has 1 aromatic rings. The zero-order chi connectivity index (χ0) is 16.2. The molecule has 0 amide bonds. The monoisotopic (exact) mass is 318 g/mol. The zero-order valence-corrected chi connectivity index (χ0v) is 14.7. The van der Waals surface area contributed by atoms with Gasteiger partial charge in [0.05, 0.1) is 6.20 Å². The minimum Gasteiger partial charge on any atom is -0.356 e. The second kappa shape index (κ2) is 7.34. The summed E-state index contributed by atoms with van der Waals surface area (Å²) >= 11 is 0. The van der Waals surface area contributed by atoms with Gasteiger partial charge in [-0.3, -0.25) is 9.67 Å². The number of nitrogens with one attached hydrogen (secondary N) is 1. The first-order valence-corrected chi connectivity index (χ1v) is 8.78. The van der Waals surface area contributed by atoms with Crippen molar-refractivity contribution in [3.05, 3.63) is 18.0 Å². The van der Waals surface area contributed by atoms with Gasteiger partial charge in [-0.1, -0.05) is 0 Å². The second-order valence-electron chi connectivity index (χ2n) is 7.05. The maximum atomic E-state index is 4.50. The van der Waals surface area contributed by atoms with Gasteiger partial charge in [0.25, 0.3) is 0 Å². The SMILES string of the molecule is CN=C(NCC1CCN(C)CC1)N1CCC(c2cnn(C)c2)C1. The van der Waals surface area contributed by atoms with E-state index < -0.39 is 0 Å². The maximum absolute atomic E-state index is 4.50. The number of aromatic nitrogens is 2. The fourth-order valence-electron chi connectivity index (χ4n) is 3.71. The highest BCUT2D eigenvalue weighted by atomic mass is 15.3. The summed E-state index contributed by atoms with van der Waals surface area (Å²) in [5.74, 6) is 2.42. The summed E-state index contributed by atoms with van der Waals surface area (Å²) in [6.45, 7) is 5.61. The Morgan fingerprint density at radius 3 is 2.70 bits per heavy atom. The van der Waals surface area contributed by atoms with Crippen molar-refractivity contribution in [2.24, 2.45) is 18.0 Å². The van der Waals surface area contributed by atoms with Crippen molar-refractivity contribution in [1.29, 1.82) is 0 Å². The molecule has 2 aliphatic rings. The maximum Gasteiger partial charge on any atom is 0.193 e. The van der Waals surface area contributed by atoms with E-state index in [2.05, 4.69) is 38.5 Å². The van der Waals surface area contributed by atoms with Gasteiger partial charge in [0.15, 0.2) is 5.96 Å². The summed E-state index contributed by atoms with van der Waals surface area (Å²) in [7, 11) is 6.10. The lowest BCUT2D eigenvalue weighted by molar-refractivity contribution is 0.219. The van der Waals surface area contributed by atoms with Crippen LogP contribution in [0.3, 0.4) is 0 Å². The largest absolute Gasteiger partial charge is 0.356 e. The van der Waals surface area contributed by atoms with Crippen LogP contribution in [0.25, 0.3) is 0 Å². The van der Waals surface area contributed by atoms with Gasteiger partial charge >= 0.3 is 0 Å². The van der Waals surface area contributed by atoms with Crippen molar-refractivity contribution in [1.82, 2.24) is 24.9 Å². The number of rotatable bonds is 3. The molecule has 2 fully saturated rings. The molecule has 0 saturated carbocycles. The minimum atomic E-state index is 0.575. The smallest absolute Gasteiger partial charge is 0.193 e. The lowest BCUT2D eigenvalue weighted by atomic mass is 9.97. The third kappa shape index (κ3) is 4.05. The molecular weight excluding hydrogens is 288 g/mol. The molecule has 3 heterocycles. The standard InChI is InChI=1S/C17H30N6/c1-18-17(19-10-14-4-7-21(2)8-5-14)23-9-6-15(13-23)16-11-20-22(3)12-16/h11-12,14-15H,4-10,13H2,1-3H3,(H,18,19). The van der Waals surface area contributed by atoms with E-state index in [0.29, 0.717) is 5.92 Å². The first kappa shape index (κ1) is 16.3. The summed E-state index contributed by atoms with van der Waals surface area (Å²) in [6, 6.07) is 0. The predicted octanol–water partition coefficient (Wildman–Crippen LogP) is 1.13. The molecule has 0 aromatic carbocycles. The fourth-order valence-corrected chi connectivity index (χ4v) is 3.71.